The highest BCUT2D eigenvalue weighted by atomic mass is 16.3. The molecule has 0 amide bonds. The fourth-order valence-corrected chi connectivity index (χ4v) is 2.31. The number of piperidine rings is 1. The number of aliphatic hydroxyl groups excluding tert-OH is 2. The lowest BCUT2D eigenvalue weighted by atomic mass is 9.97. The number of rotatable bonds is 2. The first kappa shape index (κ1) is 9.93. The van der Waals surface area contributed by atoms with Crippen molar-refractivity contribution in [3.63, 3.8) is 0 Å². The van der Waals surface area contributed by atoms with Gasteiger partial charge in [-0.2, -0.15) is 0 Å². The number of nitrogens with zero attached hydrogens (tertiary/aromatic N) is 2. The van der Waals surface area contributed by atoms with Crippen LogP contribution in [0.3, 0.4) is 0 Å². The predicted molar refractivity (Wildman–Crippen MR) is 54.3 cm³/mol. The van der Waals surface area contributed by atoms with Gasteiger partial charge in [0.1, 0.15) is 6.10 Å². The van der Waals surface area contributed by atoms with Crippen molar-refractivity contribution >= 4 is 5.84 Å². The van der Waals surface area contributed by atoms with Crippen LogP contribution in [0.4, 0.5) is 0 Å². The van der Waals surface area contributed by atoms with E-state index in [1.165, 1.54) is 0 Å². The van der Waals surface area contributed by atoms with E-state index < -0.39 is 12.2 Å². The first-order valence-corrected chi connectivity index (χ1v) is 5.40. The van der Waals surface area contributed by atoms with Crippen LogP contribution in [0.2, 0.25) is 0 Å². The Morgan fingerprint density at radius 2 is 2.29 bits per heavy atom. The van der Waals surface area contributed by atoms with Gasteiger partial charge in [-0.15, -0.1) is 0 Å². The number of aliphatic imine (C=N–C) groups is 1. The topological polar surface area (TPSA) is 56.1 Å². The average molecular weight is 198 g/mol. The van der Waals surface area contributed by atoms with Crippen LogP contribution in [-0.4, -0.2) is 52.3 Å². The van der Waals surface area contributed by atoms with Crippen LogP contribution >= 0.6 is 0 Å². The van der Waals surface area contributed by atoms with Gasteiger partial charge in [0.2, 0.25) is 0 Å². The lowest BCUT2D eigenvalue weighted by molar-refractivity contribution is -0.0493. The molecule has 0 radical (unpaired) electrons. The average Bonchev–Trinajstić information content (AvgIpc) is 2.57. The summed E-state index contributed by atoms with van der Waals surface area (Å²) in [7, 11) is 0. The zero-order valence-electron chi connectivity index (χ0n) is 8.56. The van der Waals surface area contributed by atoms with Crippen LogP contribution in [0, 0.1) is 0 Å². The van der Waals surface area contributed by atoms with E-state index in [4.69, 9.17) is 0 Å². The van der Waals surface area contributed by atoms with Gasteiger partial charge in [-0.3, -0.25) is 4.99 Å². The highest BCUT2D eigenvalue weighted by Crippen LogP contribution is 2.24. The summed E-state index contributed by atoms with van der Waals surface area (Å²) >= 11 is 0. The second-order valence-corrected chi connectivity index (χ2v) is 4.11. The van der Waals surface area contributed by atoms with Crippen molar-refractivity contribution in [1.82, 2.24) is 4.90 Å². The first-order valence-electron chi connectivity index (χ1n) is 5.40. The van der Waals surface area contributed by atoms with Crippen molar-refractivity contribution in [3.05, 3.63) is 0 Å². The van der Waals surface area contributed by atoms with Gasteiger partial charge in [-0.1, -0.05) is 6.92 Å². The molecule has 1 fully saturated rings. The molecule has 2 N–H and O–H groups in total. The number of hydrogen-bond acceptors (Lipinski definition) is 4. The van der Waals surface area contributed by atoms with E-state index in [0.29, 0.717) is 13.0 Å². The van der Waals surface area contributed by atoms with Crippen molar-refractivity contribution in [3.8, 4) is 0 Å². The van der Waals surface area contributed by atoms with Gasteiger partial charge in [0.25, 0.3) is 0 Å². The summed E-state index contributed by atoms with van der Waals surface area (Å²) in [6.07, 6.45) is 1.54. The van der Waals surface area contributed by atoms with E-state index >= 15 is 0 Å². The molecule has 0 aromatic heterocycles. The van der Waals surface area contributed by atoms with E-state index in [2.05, 4.69) is 16.8 Å². The number of hydrogen-bond donors (Lipinski definition) is 2. The molecule has 2 aliphatic rings. The Morgan fingerprint density at radius 3 is 3.00 bits per heavy atom. The predicted octanol–water partition coefficient (Wildman–Crippen LogP) is -0.00530. The summed E-state index contributed by atoms with van der Waals surface area (Å²) in [4.78, 5) is 6.59. The highest BCUT2D eigenvalue weighted by Gasteiger charge is 2.39. The van der Waals surface area contributed by atoms with Crippen LogP contribution in [-0.2, 0) is 0 Å². The molecule has 0 aromatic rings. The molecule has 2 heterocycles. The van der Waals surface area contributed by atoms with Gasteiger partial charge in [-0.25, -0.2) is 0 Å². The second-order valence-electron chi connectivity index (χ2n) is 4.11. The lowest BCUT2D eigenvalue weighted by Gasteiger charge is -2.38. The Labute approximate surface area is 84.3 Å². The van der Waals surface area contributed by atoms with Crippen molar-refractivity contribution in [2.24, 2.45) is 4.99 Å². The third-order valence-corrected chi connectivity index (χ3v) is 3.12. The summed E-state index contributed by atoms with van der Waals surface area (Å²) in [5.74, 6) is 1.11. The fourth-order valence-electron chi connectivity index (χ4n) is 2.31. The minimum absolute atomic E-state index is 0.0281. The SMILES string of the molecule is CCCC1=NCC2C(O)C(O)CCN12. The van der Waals surface area contributed by atoms with Crippen LogP contribution in [0.15, 0.2) is 4.99 Å². The molecule has 0 spiro atoms. The van der Waals surface area contributed by atoms with Gasteiger partial charge < -0.3 is 15.1 Å². The minimum atomic E-state index is -0.623. The summed E-state index contributed by atoms with van der Waals surface area (Å²) < 4.78 is 0. The molecule has 80 valence electrons. The molecule has 4 heteroatoms. The van der Waals surface area contributed by atoms with Gasteiger partial charge in [0, 0.05) is 13.0 Å². The standard InChI is InChI=1S/C10H18N2O2/c1-2-3-9-11-6-7-10(14)8(13)4-5-12(7)9/h7-8,10,13-14H,2-6H2,1H3. The molecule has 4 nitrogen and oxygen atoms in total. The maximum Gasteiger partial charge on any atom is 0.102 e. The maximum atomic E-state index is 9.77. The van der Waals surface area contributed by atoms with E-state index in [9.17, 15) is 10.2 Å². The monoisotopic (exact) mass is 198 g/mol. The van der Waals surface area contributed by atoms with Crippen molar-refractivity contribution < 1.29 is 10.2 Å². The Morgan fingerprint density at radius 1 is 1.50 bits per heavy atom. The minimum Gasteiger partial charge on any atom is -0.390 e. The molecule has 14 heavy (non-hydrogen) atoms. The molecule has 0 aromatic carbocycles. The van der Waals surface area contributed by atoms with E-state index in [1.807, 2.05) is 0 Å². The largest absolute Gasteiger partial charge is 0.390 e. The normalized spacial score (nSPS) is 36.9. The third-order valence-electron chi connectivity index (χ3n) is 3.12. The first-order chi connectivity index (χ1) is 6.74. The Bertz CT molecular complexity index is 242. The highest BCUT2D eigenvalue weighted by molar-refractivity contribution is 5.84. The Kier molecular flexibility index (Phi) is 2.74. The molecule has 1 saturated heterocycles. The maximum absolute atomic E-state index is 9.77. The molecule has 3 atom stereocenters. The summed E-state index contributed by atoms with van der Waals surface area (Å²) in [6.45, 7) is 3.61. The molecule has 0 aliphatic carbocycles. The van der Waals surface area contributed by atoms with Gasteiger partial charge >= 0.3 is 0 Å². The van der Waals surface area contributed by atoms with Crippen molar-refractivity contribution in [1.29, 1.82) is 0 Å². The fraction of sp³-hybridized carbons (Fsp3) is 0.900. The third kappa shape index (κ3) is 1.53. The summed E-state index contributed by atoms with van der Waals surface area (Å²) in [6, 6.07) is 0.0281. The molecule has 0 saturated carbocycles. The summed E-state index contributed by atoms with van der Waals surface area (Å²) in [5, 5.41) is 19.3. The van der Waals surface area contributed by atoms with Crippen LogP contribution in [0.25, 0.3) is 0 Å². The number of amidine groups is 1. The van der Waals surface area contributed by atoms with Gasteiger partial charge in [-0.05, 0) is 12.8 Å². The zero-order valence-corrected chi connectivity index (χ0v) is 8.56. The molecule has 0 bridgehead atoms. The molecule has 2 aliphatic heterocycles. The lowest BCUT2D eigenvalue weighted by Crippen LogP contribution is -2.54. The van der Waals surface area contributed by atoms with Crippen LogP contribution in [0.1, 0.15) is 26.2 Å². The number of fused-ring (bicyclic) bond motifs is 1. The molecule has 2 rings (SSSR count). The molecular weight excluding hydrogens is 180 g/mol. The van der Waals surface area contributed by atoms with Crippen molar-refractivity contribution in [2.45, 2.75) is 44.4 Å². The van der Waals surface area contributed by atoms with Crippen molar-refractivity contribution in [2.75, 3.05) is 13.1 Å². The van der Waals surface area contributed by atoms with E-state index in [-0.39, 0.29) is 6.04 Å². The smallest absolute Gasteiger partial charge is 0.102 e. The number of aliphatic hydroxyl groups is 2. The zero-order chi connectivity index (χ0) is 10.1. The van der Waals surface area contributed by atoms with Crippen LogP contribution in [0.5, 0.6) is 0 Å². The Balaban J connectivity index is 2.04. The van der Waals surface area contributed by atoms with Crippen LogP contribution < -0.4 is 0 Å². The van der Waals surface area contributed by atoms with Gasteiger partial charge in [0.05, 0.1) is 24.5 Å². The van der Waals surface area contributed by atoms with E-state index in [0.717, 1.165) is 25.2 Å². The van der Waals surface area contributed by atoms with E-state index in [1.54, 1.807) is 0 Å². The molecule has 3 unspecified atom stereocenters. The quantitative estimate of drug-likeness (QED) is 0.656. The summed E-state index contributed by atoms with van der Waals surface area (Å²) in [5.41, 5.74) is 0. The second kappa shape index (κ2) is 3.87. The van der Waals surface area contributed by atoms with Gasteiger partial charge in [0.15, 0.2) is 0 Å². The molecular formula is C10H18N2O2. The Hall–Kier alpha value is -0.610.